The van der Waals surface area contributed by atoms with Crippen LogP contribution in [0.15, 0.2) is 24.3 Å². The fourth-order valence-corrected chi connectivity index (χ4v) is 3.16. The smallest absolute Gasteiger partial charge is 0.224 e. The Labute approximate surface area is 155 Å². The lowest BCUT2D eigenvalue weighted by atomic mass is 10.0. The van der Waals surface area contributed by atoms with Gasteiger partial charge in [0.15, 0.2) is 0 Å². The van der Waals surface area contributed by atoms with Gasteiger partial charge in [-0.1, -0.05) is 29.8 Å². The van der Waals surface area contributed by atoms with Crippen LogP contribution in [-0.2, 0) is 14.4 Å². The minimum atomic E-state index is -0.370. The second-order valence-corrected chi connectivity index (χ2v) is 6.91. The summed E-state index contributed by atoms with van der Waals surface area (Å²) in [5.74, 6) is -0.249. The van der Waals surface area contributed by atoms with E-state index < -0.39 is 0 Å². The van der Waals surface area contributed by atoms with E-state index in [2.05, 4.69) is 10.6 Å². The topological polar surface area (TPSA) is 78.5 Å². The van der Waals surface area contributed by atoms with Gasteiger partial charge in [0.2, 0.25) is 17.7 Å². The van der Waals surface area contributed by atoms with Gasteiger partial charge in [-0.05, 0) is 31.7 Å². The number of likely N-dealkylation sites (tertiary alicyclic amines) is 1. The Morgan fingerprint density at radius 3 is 2.35 bits per heavy atom. The first kappa shape index (κ1) is 19.9. The van der Waals surface area contributed by atoms with E-state index in [0.717, 1.165) is 37.1 Å². The minimum absolute atomic E-state index is 0.0990. The van der Waals surface area contributed by atoms with Crippen molar-refractivity contribution in [2.75, 3.05) is 19.6 Å². The molecule has 26 heavy (non-hydrogen) atoms. The molecule has 0 aliphatic carbocycles. The molecule has 1 saturated heterocycles. The lowest BCUT2D eigenvalue weighted by Crippen LogP contribution is -2.38. The molecule has 1 unspecified atom stereocenters. The number of nitrogens with zero attached hydrogens (tertiary/aromatic N) is 1. The number of aryl methyl sites for hydroxylation is 1. The van der Waals surface area contributed by atoms with Crippen LogP contribution in [0.4, 0.5) is 0 Å². The zero-order chi connectivity index (χ0) is 18.9. The van der Waals surface area contributed by atoms with Crippen molar-refractivity contribution in [3.63, 3.8) is 0 Å². The molecule has 2 N–H and O–H groups in total. The van der Waals surface area contributed by atoms with E-state index in [4.69, 9.17) is 0 Å². The zero-order valence-electron chi connectivity index (χ0n) is 15.7. The van der Waals surface area contributed by atoms with Gasteiger partial charge in [-0.3, -0.25) is 14.4 Å². The third-order valence-electron chi connectivity index (χ3n) is 4.62. The zero-order valence-corrected chi connectivity index (χ0v) is 15.7. The average molecular weight is 359 g/mol. The van der Waals surface area contributed by atoms with Crippen molar-refractivity contribution in [2.45, 2.75) is 52.0 Å². The van der Waals surface area contributed by atoms with Crippen molar-refractivity contribution in [2.24, 2.45) is 0 Å². The number of carbonyl (C=O) groups is 3. The highest BCUT2D eigenvalue weighted by Crippen LogP contribution is 2.17. The SMILES string of the molecule is CC(=O)NC(CC(=O)NCCC(=O)N1CCCCC1)c1ccc(C)cc1. The summed E-state index contributed by atoms with van der Waals surface area (Å²) >= 11 is 0. The first-order chi connectivity index (χ1) is 12.5. The van der Waals surface area contributed by atoms with Crippen LogP contribution < -0.4 is 10.6 Å². The number of amides is 3. The highest BCUT2D eigenvalue weighted by atomic mass is 16.2. The largest absolute Gasteiger partial charge is 0.356 e. The molecule has 1 aliphatic heterocycles. The molecule has 1 aromatic rings. The Kier molecular flexibility index (Phi) is 7.63. The van der Waals surface area contributed by atoms with Crippen LogP contribution in [0.5, 0.6) is 0 Å². The number of hydrogen-bond donors (Lipinski definition) is 2. The monoisotopic (exact) mass is 359 g/mol. The van der Waals surface area contributed by atoms with Crippen LogP contribution in [0.2, 0.25) is 0 Å². The second kappa shape index (κ2) is 9.94. The van der Waals surface area contributed by atoms with Gasteiger partial charge in [0, 0.05) is 33.0 Å². The number of hydrogen-bond acceptors (Lipinski definition) is 3. The van der Waals surface area contributed by atoms with E-state index >= 15 is 0 Å². The van der Waals surface area contributed by atoms with Crippen LogP contribution in [0, 0.1) is 6.92 Å². The molecule has 2 rings (SSSR count). The average Bonchev–Trinajstić information content (AvgIpc) is 2.62. The van der Waals surface area contributed by atoms with Gasteiger partial charge in [0.25, 0.3) is 0 Å². The van der Waals surface area contributed by atoms with E-state index in [1.807, 2.05) is 36.1 Å². The van der Waals surface area contributed by atoms with E-state index in [9.17, 15) is 14.4 Å². The molecule has 1 aromatic carbocycles. The number of nitrogens with one attached hydrogen (secondary N) is 2. The van der Waals surface area contributed by atoms with Gasteiger partial charge in [0.05, 0.1) is 12.5 Å². The maximum atomic E-state index is 12.2. The normalized spacial score (nSPS) is 15.2. The molecule has 6 nitrogen and oxygen atoms in total. The molecule has 0 radical (unpaired) electrons. The van der Waals surface area contributed by atoms with Crippen LogP contribution in [0.25, 0.3) is 0 Å². The Morgan fingerprint density at radius 1 is 1.08 bits per heavy atom. The molecule has 1 atom stereocenters. The van der Waals surface area contributed by atoms with Crippen molar-refractivity contribution in [1.82, 2.24) is 15.5 Å². The van der Waals surface area contributed by atoms with Crippen LogP contribution in [0.3, 0.4) is 0 Å². The standard InChI is InChI=1S/C20H29N3O3/c1-15-6-8-17(9-7-15)18(22-16(2)24)14-19(25)21-11-10-20(26)23-12-4-3-5-13-23/h6-9,18H,3-5,10-14H2,1-2H3,(H,21,25)(H,22,24). The van der Waals surface area contributed by atoms with Gasteiger partial charge >= 0.3 is 0 Å². The maximum absolute atomic E-state index is 12.2. The molecule has 1 aliphatic rings. The van der Waals surface area contributed by atoms with Gasteiger partial charge < -0.3 is 15.5 Å². The molecule has 0 bridgehead atoms. The summed E-state index contributed by atoms with van der Waals surface area (Å²) in [6.45, 7) is 5.41. The fraction of sp³-hybridized carbons (Fsp3) is 0.550. The first-order valence-electron chi connectivity index (χ1n) is 9.34. The molecule has 3 amide bonds. The molecule has 0 spiro atoms. The molecule has 142 valence electrons. The van der Waals surface area contributed by atoms with Crippen molar-refractivity contribution in [3.8, 4) is 0 Å². The molecule has 6 heteroatoms. The minimum Gasteiger partial charge on any atom is -0.356 e. The molecule has 1 fully saturated rings. The maximum Gasteiger partial charge on any atom is 0.224 e. The van der Waals surface area contributed by atoms with Gasteiger partial charge in [-0.2, -0.15) is 0 Å². The summed E-state index contributed by atoms with van der Waals surface area (Å²) < 4.78 is 0. The lowest BCUT2D eigenvalue weighted by molar-refractivity contribution is -0.132. The van der Waals surface area contributed by atoms with Crippen LogP contribution >= 0.6 is 0 Å². The van der Waals surface area contributed by atoms with Gasteiger partial charge in [0.1, 0.15) is 0 Å². The second-order valence-electron chi connectivity index (χ2n) is 6.91. The molecule has 1 heterocycles. The first-order valence-corrected chi connectivity index (χ1v) is 9.34. The highest BCUT2D eigenvalue weighted by molar-refractivity contribution is 5.80. The lowest BCUT2D eigenvalue weighted by Gasteiger charge is -2.26. The molecule has 0 saturated carbocycles. The fourth-order valence-electron chi connectivity index (χ4n) is 3.16. The van der Waals surface area contributed by atoms with E-state index in [1.54, 1.807) is 0 Å². The van der Waals surface area contributed by atoms with Crippen molar-refractivity contribution >= 4 is 17.7 Å². The van der Waals surface area contributed by atoms with Gasteiger partial charge in [-0.15, -0.1) is 0 Å². The van der Waals surface area contributed by atoms with Crippen molar-refractivity contribution < 1.29 is 14.4 Å². The Morgan fingerprint density at radius 2 is 1.73 bits per heavy atom. The van der Waals surface area contributed by atoms with Crippen molar-refractivity contribution in [3.05, 3.63) is 35.4 Å². The van der Waals surface area contributed by atoms with Crippen molar-refractivity contribution in [1.29, 1.82) is 0 Å². The summed E-state index contributed by atoms with van der Waals surface area (Å²) in [6.07, 6.45) is 3.78. The quantitative estimate of drug-likeness (QED) is 0.782. The number of carbonyl (C=O) groups excluding carboxylic acids is 3. The molecular formula is C20H29N3O3. The van der Waals surface area contributed by atoms with Gasteiger partial charge in [-0.25, -0.2) is 0 Å². The third-order valence-corrected chi connectivity index (χ3v) is 4.62. The Balaban J connectivity index is 1.81. The summed E-state index contributed by atoms with van der Waals surface area (Å²) in [5.41, 5.74) is 2.02. The Bertz CT molecular complexity index is 622. The summed E-state index contributed by atoms with van der Waals surface area (Å²) in [4.78, 5) is 37.7. The summed E-state index contributed by atoms with van der Waals surface area (Å²) in [6, 6.07) is 7.39. The van der Waals surface area contributed by atoms with E-state index in [0.29, 0.717) is 13.0 Å². The molecular weight excluding hydrogens is 330 g/mol. The number of rotatable bonds is 7. The van der Waals surface area contributed by atoms with E-state index in [1.165, 1.54) is 13.3 Å². The number of piperidine rings is 1. The summed E-state index contributed by atoms with van der Waals surface area (Å²) in [7, 11) is 0. The van der Waals surface area contributed by atoms with Crippen LogP contribution in [0.1, 0.15) is 56.2 Å². The number of benzene rings is 1. The van der Waals surface area contributed by atoms with Crippen LogP contribution in [-0.4, -0.2) is 42.3 Å². The summed E-state index contributed by atoms with van der Waals surface area (Å²) in [5, 5.41) is 5.62. The Hall–Kier alpha value is -2.37. The predicted octanol–water partition coefficient (Wildman–Crippen LogP) is 2.08. The van der Waals surface area contributed by atoms with E-state index in [-0.39, 0.29) is 30.2 Å². The highest BCUT2D eigenvalue weighted by Gasteiger charge is 2.19. The predicted molar refractivity (Wildman–Crippen MR) is 100 cm³/mol. The molecule has 0 aromatic heterocycles. The third kappa shape index (κ3) is 6.50.